The van der Waals surface area contributed by atoms with Gasteiger partial charge in [-0.2, -0.15) is 0 Å². The second-order valence-electron chi connectivity index (χ2n) is 8.53. The second-order valence-corrected chi connectivity index (χ2v) is 8.53. The molecule has 0 bridgehead atoms. The van der Waals surface area contributed by atoms with Crippen molar-refractivity contribution in [1.82, 2.24) is 20.6 Å². The second kappa shape index (κ2) is 11.6. The highest BCUT2D eigenvalue weighted by atomic mass is 16.6. The molecule has 31 heavy (non-hydrogen) atoms. The van der Waals surface area contributed by atoms with Gasteiger partial charge in [0.15, 0.2) is 11.5 Å². The minimum absolute atomic E-state index is 0.260. The third-order valence-electron chi connectivity index (χ3n) is 4.23. The molecule has 0 unspecified atom stereocenters. The number of ketones is 1. The number of carbonyl (C=O) groups excluding carboxylic acids is 3. The molecule has 0 aromatic carbocycles. The van der Waals surface area contributed by atoms with Gasteiger partial charge < -0.3 is 24.8 Å². The van der Waals surface area contributed by atoms with Crippen LogP contribution in [0, 0.1) is 6.92 Å². The summed E-state index contributed by atoms with van der Waals surface area (Å²) in [5, 5.41) is 5.34. The van der Waals surface area contributed by atoms with Gasteiger partial charge in [-0.3, -0.25) is 9.59 Å². The minimum Gasteiger partial charge on any atom is -0.483 e. The standard InChI is InChI=1S/C21H34N4O6/c1-14-23-11-15(12-24-14)30-13-17(26)16(25-18(27)21(5,6)29-7)9-8-10-22-19(28)31-20(2,3)4/h11-12,16H,8-10,13H2,1-7H3,(H,22,28)(H,25,27)/t16-/m0/s1. The number of methoxy groups -OCH3 is 1. The van der Waals surface area contributed by atoms with Gasteiger partial charge in [0.25, 0.3) is 5.91 Å². The summed E-state index contributed by atoms with van der Waals surface area (Å²) in [6.07, 6.45) is 3.15. The maximum absolute atomic E-state index is 12.7. The highest BCUT2D eigenvalue weighted by Gasteiger charge is 2.31. The summed E-state index contributed by atoms with van der Waals surface area (Å²) in [5.74, 6) is 0.196. The Labute approximate surface area is 183 Å². The first-order valence-electron chi connectivity index (χ1n) is 10.1. The van der Waals surface area contributed by atoms with Crippen molar-refractivity contribution in [1.29, 1.82) is 0 Å². The van der Waals surface area contributed by atoms with Gasteiger partial charge in [-0.15, -0.1) is 0 Å². The lowest BCUT2D eigenvalue weighted by Gasteiger charge is -2.26. The van der Waals surface area contributed by atoms with E-state index in [1.165, 1.54) is 19.5 Å². The molecule has 174 valence electrons. The summed E-state index contributed by atoms with van der Waals surface area (Å²) < 4.78 is 15.8. The number of alkyl carbamates (subject to hydrolysis) is 1. The van der Waals surface area contributed by atoms with Crippen molar-refractivity contribution in [2.75, 3.05) is 20.3 Å². The van der Waals surface area contributed by atoms with Crippen LogP contribution in [-0.4, -0.2) is 65.3 Å². The quantitative estimate of drug-likeness (QED) is 0.502. The number of hydrogen-bond donors (Lipinski definition) is 2. The molecule has 1 rings (SSSR count). The summed E-state index contributed by atoms with van der Waals surface area (Å²) in [6.45, 7) is 10.3. The van der Waals surface area contributed by atoms with Crippen molar-refractivity contribution in [3.8, 4) is 5.75 Å². The van der Waals surface area contributed by atoms with Crippen LogP contribution >= 0.6 is 0 Å². The molecule has 0 aliphatic carbocycles. The van der Waals surface area contributed by atoms with Gasteiger partial charge in [-0.1, -0.05) is 0 Å². The molecular weight excluding hydrogens is 404 g/mol. The van der Waals surface area contributed by atoms with Crippen molar-refractivity contribution < 1.29 is 28.6 Å². The zero-order valence-electron chi connectivity index (χ0n) is 19.4. The minimum atomic E-state index is -1.10. The Morgan fingerprint density at radius 1 is 1.10 bits per heavy atom. The third kappa shape index (κ3) is 10.2. The topological polar surface area (TPSA) is 129 Å². The van der Waals surface area contributed by atoms with E-state index in [0.717, 1.165) is 0 Å². The van der Waals surface area contributed by atoms with Gasteiger partial charge in [0.2, 0.25) is 0 Å². The van der Waals surface area contributed by atoms with E-state index >= 15 is 0 Å². The van der Waals surface area contributed by atoms with Crippen LogP contribution < -0.4 is 15.4 Å². The summed E-state index contributed by atoms with van der Waals surface area (Å²) in [4.78, 5) is 45.0. The van der Waals surface area contributed by atoms with E-state index in [2.05, 4.69) is 20.6 Å². The van der Waals surface area contributed by atoms with Crippen molar-refractivity contribution in [3.05, 3.63) is 18.2 Å². The number of nitrogens with zero attached hydrogens (tertiary/aromatic N) is 2. The molecule has 0 saturated carbocycles. The molecule has 10 heteroatoms. The molecule has 10 nitrogen and oxygen atoms in total. The molecule has 1 aromatic rings. The van der Waals surface area contributed by atoms with E-state index in [-0.39, 0.29) is 18.9 Å². The monoisotopic (exact) mass is 438 g/mol. The fraction of sp³-hybridized carbons (Fsp3) is 0.667. The number of ether oxygens (including phenoxy) is 3. The number of aromatic nitrogens is 2. The normalized spacial score (nSPS) is 12.6. The average molecular weight is 439 g/mol. The van der Waals surface area contributed by atoms with E-state index in [9.17, 15) is 14.4 Å². The van der Waals surface area contributed by atoms with E-state index in [4.69, 9.17) is 14.2 Å². The Hall–Kier alpha value is -2.75. The van der Waals surface area contributed by atoms with Crippen molar-refractivity contribution in [2.24, 2.45) is 0 Å². The predicted molar refractivity (Wildman–Crippen MR) is 114 cm³/mol. The molecule has 2 amide bonds. The van der Waals surface area contributed by atoms with Gasteiger partial charge in [-0.25, -0.2) is 14.8 Å². The zero-order chi connectivity index (χ0) is 23.7. The number of carbonyl (C=O) groups is 3. The SMILES string of the molecule is COC(C)(C)C(=O)N[C@@H](CCCNC(=O)OC(C)(C)C)C(=O)COc1cnc(C)nc1. The van der Waals surface area contributed by atoms with E-state index in [1.54, 1.807) is 41.5 Å². The maximum Gasteiger partial charge on any atom is 0.407 e. The molecule has 0 radical (unpaired) electrons. The lowest BCUT2D eigenvalue weighted by molar-refractivity contribution is -0.142. The van der Waals surface area contributed by atoms with Crippen LogP contribution in [-0.2, 0) is 19.1 Å². The summed E-state index contributed by atoms with van der Waals surface area (Å²) in [5.41, 5.74) is -1.70. The van der Waals surface area contributed by atoms with Crippen molar-refractivity contribution >= 4 is 17.8 Å². The fourth-order valence-corrected chi connectivity index (χ4v) is 2.26. The largest absolute Gasteiger partial charge is 0.483 e. The van der Waals surface area contributed by atoms with Crippen LogP contribution in [0.3, 0.4) is 0 Å². The van der Waals surface area contributed by atoms with Gasteiger partial charge in [0.05, 0.1) is 18.4 Å². The molecule has 0 spiro atoms. The molecule has 1 atom stereocenters. The molecule has 0 saturated heterocycles. The molecule has 0 aliphatic rings. The average Bonchev–Trinajstić information content (AvgIpc) is 2.68. The lowest BCUT2D eigenvalue weighted by atomic mass is 10.0. The molecule has 2 N–H and O–H groups in total. The van der Waals surface area contributed by atoms with Crippen molar-refractivity contribution in [2.45, 2.75) is 71.6 Å². The number of rotatable bonds is 11. The van der Waals surface area contributed by atoms with Gasteiger partial charge in [0, 0.05) is 13.7 Å². The first kappa shape index (κ1) is 26.3. The fourth-order valence-electron chi connectivity index (χ4n) is 2.26. The third-order valence-corrected chi connectivity index (χ3v) is 4.23. The van der Waals surface area contributed by atoms with Crippen LogP contribution in [0.15, 0.2) is 12.4 Å². The lowest BCUT2D eigenvalue weighted by Crippen LogP contribution is -2.51. The first-order chi connectivity index (χ1) is 14.3. The Balaban J connectivity index is 2.67. The van der Waals surface area contributed by atoms with Crippen molar-refractivity contribution in [3.63, 3.8) is 0 Å². The Morgan fingerprint density at radius 3 is 2.26 bits per heavy atom. The van der Waals surface area contributed by atoms with E-state index < -0.39 is 29.2 Å². The van der Waals surface area contributed by atoms with Gasteiger partial charge in [0.1, 0.15) is 23.6 Å². The number of hydrogen-bond acceptors (Lipinski definition) is 8. The van der Waals surface area contributed by atoms with Crippen LogP contribution in [0.5, 0.6) is 5.75 Å². The summed E-state index contributed by atoms with van der Waals surface area (Å²) >= 11 is 0. The summed E-state index contributed by atoms with van der Waals surface area (Å²) in [7, 11) is 1.42. The van der Waals surface area contributed by atoms with E-state index in [0.29, 0.717) is 24.4 Å². The van der Waals surface area contributed by atoms with Gasteiger partial charge >= 0.3 is 6.09 Å². The zero-order valence-corrected chi connectivity index (χ0v) is 19.4. The Bertz CT molecular complexity index is 743. The van der Waals surface area contributed by atoms with Crippen LogP contribution in [0.1, 0.15) is 53.3 Å². The molecular formula is C21H34N4O6. The number of amides is 2. The van der Waals surface area contributed by atoms with Crippen LogP contribution in [0.25, 0.3) is 0 Å². The van der Waals surface area contributed by atoms with Crippen LogP contribution in [0.4, 0.5) is 4.79 Å². The van der Waals surface area contributed by atoms with Crippen LogP contribution in [0.2, 0.25) is 0 Å². The number of nitrogens with one attached hydrogen (secondary N) is 2. The van der Waals surface area contributed by atoms with Gasteiger partial charge in [-0.05, 0) is 54.4 Å². The highest BCUT2D eigenvalue weighted by molar-refractivity contribution is 5.92. The maximum atomic E-state index is 12.7. The molecule has 0 fully saturated rings. The molecule has 0 aliphatic heterocycles. The van der Waals surface area contributed by atoms with E-state index in [1.807, 2.05) is 0 Å². The molecule has 1 aromatic heterocycles. The number of aryl methyl sites for hydroxylation is 1. The first-order valence-corrected chi connectivity index (χ1v) is 10.1. The highest BCUT2D eigenvalue weighted by Crippen LogP contribution is 2.11. The Morgan fingerprint density at radius 2 is 1.71 bits per heavy atom. The predicted octanol–water partition coefficient (Wildman–Crippen LogP) is 1.95. The Kier molecular flexibility index (Phi) is 9.83. The molecule has 1 heterocycles. The summed E-state index contributed by atoms with van der Waals surface area (Å²) in [6, 6.07) is -0.811. The number of Topliss-reactive ketones (excluding diaryl/α,β-unsaturated/α-hetero) is 1. The smallest absolute Gasteiger partial charge is 0.407 e.